The van der Waals surface area contributed by atoms with Gasteiger partial charge >= 0.3 is 0 Å². The van der Waals surface area contributed by atoms with Gasteiger partial charge in [0, 0.05) is 13.1 Å². The molecule has 1 heterocycles. The van der Waals surface area contributed by atoms with E-state index in [2.05, 4.69) is 50.2 Å². The first-order chi connectivity index (χ1) is 9.04. The van der Waals surface area contributed by atoms with Crippen LogP contribution in [-0.4, -0.2) is 18.1 Å². The molecule has 1 rings (SSSR count). The number of nitrogens with one attached hydrogen (secondary N) is 2. The second-order valence-corrected chi connectivity index (χ2v) is 5.85. The number of oxazole rings is 1. The molecule has 0 fully saturated rings. The second-order valence-electron chi connectivity index (χ2n) is 5.85. The first-order valence-corrected chi connectivity index (χ1v) is 7.43. The molecule has 2 N–H and O–H groups in total. The summed E-state index contributed by atoms with van der Waals surface area (Å²) in [5.41, 5.74) is 0.960. The third kappa shape index (κ3) is 5.64. The van der Waals surface area contributed by atoms with Crippen LogP contribution in [0.1, 0.15) is 46.7 Å². The molecule has 19 heavy (non-hydrogen) atoms. The highest BCUT2D eigenvalue weighted by molar-refractivity contribution is 5.21. The van der Waals surface area contributed by atoms with Crippen molar-refractivity contribution in [1.29, 1.82) is 0 Å². The summed E-state index contributed by atoms with van der Waals surface area (Å²) in [6, 6.07) is 0.639. The van der Waals surface area contributed by atoms with E-state index >= 15 is 0 Å². The third-order valence-corrected chi connectivity index (χ3v) is 3.49. The van der Waals surface area contributed by atoms with E-state index in [1.54, 1.807) is 6.26 Å². The van der Waals surface area contributed by atoms with Crippen molar-refractivity contribution in [2.75, 3.05) is 18.4 Å². The average molecular weight is 267 g/mol. The fourth-order valence-electron chi connectivity index (χ4n) is 2.31. The van der Waals surface area contributed by atoms with E-state index in [1.807, 2.05) is 0 Å². The molecule has 0 atom stereocenters. The van der Waals surface area contributed by atoms with E-state index in [9.17, 15) is 0 Å². The predicted octanol–water partition coefficient (Wildman–Crippen LogP) is 3.51. The van der Waals surface area contributed by atoms with E-state index in [1.165, 1.54) is 0 Å². The van der Waals surface area contributed by atoms with E-state index in [0.717, 1.165) is 31.7 Å². The normalized spacial score (nSPS) is 11.8. The number of nitrogens with zero attached hydrogens (tertiary/aromatic N) is 1. The number of hydrogen-bond donors (Lipinski definition) is 2. The maximum atomic E-state index is 5.44. The highest BCUT2D eigenvalue weighted by atomic mass is 16.4. The Hall–Kier alpha value is -1.03. The first-order valence-electron chi connectivity index (χ1n) is 7.43. The standard InChI is InChI=1S/C15H29N3O/c1-6-7-16-8-13-10-19-15(18-13)17-9-14(11(2)3)12(4)5/h10-12,14,16H,6-9H2,1-5H3,(H,17,18). The van der Waals surface area contributed by atoms with Gasteiger partial charge < -0.3 is 15.1 Å². The molecule has 1 aromatic heterocycles. The quantitative estimate of drug-likeness (QED) is 0.672. The monoisotopic (exact) mass is 267 g/mol. The molecular weight excluding hydrogens is 238 g/mol. The fraction of sp³-hybridized carbons (Fsp3) is 0.800. The first kappa shape index (κ1) is 16.0. The number of aromatic nitrogens is 1. The number of rotatable bonds is 9. The van der Waals surface area contributed by atoms with Crippen LogP contribution in [0, 0.1) is 17.8 Å². The molecule has 0 amide bonds. The summed E-state index contributed by atoms with van der Waals surface area (Å²) in [4.78, 5) is 4.43. The largest absolute Gasteiger partial charge is 0.432 e. The van der Waals surface area contributed by atoms with E-state index in [0.29, 0.717) is 23.8 Å². The predicted molar refractivity (Wildman–Crippen MR) is 80.2 cm³/mol. The van der Waals surface area contributed by atoms with Gasteiger partial charge in [-0.2, -0.15) is 4.98 Å². The van der Waals surface area contributed by atoms with E-state index in [4.69, 9.17) is 4.42 Å². The van der Waals surface area contributed by atoms with Crippen molar-refractivity contribution >= 4 is 6.01 Å². The Morgan fingerprint density at radius 3 is 2.47 bits per heavy atom. The van der Waals surface area contributed by atoms with Crippen LogP contribution in [0.4, 0.5) is 6.01 Å². The molecule has 0 aliphatic carbocycles. The maximum absolute atomic E-state index is 5.44. The van der Waals surface area contributed by atoms with Crippen LogP contribution in [0.3, 0.4) is 0 Å². The lowest BCUT2D eigenvalue weighted by Crippen LogP contribution is -2.24. The van der Waals surface area contributed by atoms with Gasteiger partial charge in [0.1, 0.15) is 6.26 Å². The minimum Gasteiger partial charge on any atom is -0.432 e. The molecule has 0 aliphatic heterocycles. The van der Waals surface area contributed by atoms with Crippen LogP contribution in [0.5, 0.6) is 0 Å². The van der Waals surface area contributed by atoms with Crippen LogP contribution >= 0.6 is 0 Å². The molecule has 0 saturated carbocycles. The van der Waals surface area contributed by atoms with Crippen LogP contribution in [0.2, 0.25) is 0 Å². The van der Waals surface area contributed by atoms with Crippen molar-refractivity contribution in [2.24, 2.45) is 17.8 Å². The molecule has 0 saturated heterocycles. The van der Waals surface area contributed by atoms with Crippen LogP contribution in [0.25, 0.3) is 0 Å². The number of anilines is 1. The average Bonchev–Trinajstić information content (AvgIpc) is 2.77. The minimum atomic E-state index is 0.633. The summed E-state index contributed by atoms with van der Waals surface area (Å²) >= 11 is 0. The lowest BCUT2D eigenvalue weighted by molar-refractivity contribution is 0.302. The minimum absolute atomic E-state index is 0.633. The van der Waals surface area contributed by atoms with Gasteiger partial charge in [-0.15, -0.1) is 0 Å². The Morgan fingerprint density at radius 2 is 1.89 bits per heavy atom. The molecule has 0 bridgehead atoms. The summed E-state index contributed by atoms with van der Waals surface area (Å²) in [6.07, 6.45) is 2.86. The molecule has 0 spiro atoms. The van der Waals surface area contributed by atoms with Crippen molar-refractivity contribution in [3.63, 3.8) is 0 Å². The zero-order chi connectivity index (χ0) is 14.3. The molecule has 0 unspecified atom stereocenters. The molecular formula is C15H29N3O. The molecule has 4 nitrogen and oxygen atoms in total. The van der Waals surface area contributed by atoms with Gasteiger partial charge in [0.25, 0.3) is 6.01 Å². The van der Waals surface area contributed by atoms with Crippen molar-refractivity contribution in [1.82, 2.24) is 10.3 Å². The van der Waals surface area contributed by atoms with Crippen LogP contribution in [0.15, 0.2) is 10.7 Å². The molecule has 0 aliphatic rings. The summed E-state index contributed by atoms with van der Waals surface area (Å²) in [5.74, 6) is 1.95. The van der Waals surface area contributed by atoms with Crippen molar-refractivity contribution < 1.29 is 4.42 Å². The van der Waals surface area contributed by atoms with Gasteiger partial charge in [-0.25, -0.2) is 0 Å². The molecule has 0 radical (unpaired) electrons. The Kier molecular flexibility index (Phi) is 6.92. The smallest absolute Gasteiger partial charge is 0.294 e. The van der Waals surface area contributed by atoms with Crippen LogP contribution in [-0.2, 0) is 6.54 Å². The lowest BCUT2D eigenvalue weighted by Gasteiger charge is -2.24. The van der Waals surface area contributed by atoms with Gasteiger partial charge in [0.2, 0.25) is 0 Å². The second kappa shape index (κ2) is 8.20. The Balaban J connectivity index is 2.40. The van der Waals surface area contributed by atoms with Gasteiger partial charge in [-0.1, -0.05) is 34.6 Å². The topological polar surface area (TPSA) is 50.1 Å². The van der Waals surface area contributed by atoms with Gasteiger partial charge in [-0.3, -0.25) is 0 Å². The zero-order valence-electron chi connectivity index (χ0n) is 13.0. The number of hydrogen-bond acceptors (Lipinski definition) is 4. The fourth-order valence-corrected chi connectivity index (χ4v) is 2.31. The molecule has 110 valence electrons. The maximum Gasteiger partial charge on any atom is 0.294 e. The van der Waals surface area contributed by atoms with Crippen molar-refractivity contribution in [3.05, 3.63) is 12.0 Å². The highest BCUT2D eigenvalue weighted by Crippen LogP contribution is 2.21. The molecule has 4 heteroatoms. The SMILES string of the molecule is CCCNCc1coc(NCC(C(C)C)C(C)C)n1. The van der Waals surface area contributed by atoms with Gasteiger partial charge in [0.15, 0.2) is 0 Å². The van der Waals surface area contributed by atoms with Crippen molar-refractivity contribution in [3.8, 4) is 0 Å². The van der Waals surface area contributed by atoms with Crippen molar-refractivity contribution in [2.45, 2.75) is 47.6 Å². The zero-order valence-corrected chi connectivity index (χ0v) is 13.0. The van der Waals surface area contributed by atoms with Gasteiger partial charge in [0.05, 0.1) is 5.69 Å². The Morgan fingerprint density at radius 1 is 1.21 bits per heavy atom. The highest BCUT2D eigenvalue weighted by Gasteiger charge is 2.17. The lowest BCUT2D eigenvalue weighted by atomic mass is 9.85. The summed E-state index contributed by atoms with van der Waals surface area (Å²) in [7, 11) is 0. The van der Waals surface area contributed by atoms with E-state index < -0.39 is 0 Å². The summed E-state index contributed by atoms with van der Waals surface area (Å²) in [6.45, 7) is 13.9. The Bertz CT molecular complexity index is 339. The summed E-state index contributed by atoms with van der Waals surface area (Å²) in [5, 5.41) is 6.63. The summed E-state index contributed by atoms with van der Waals surface area (Å²) < 4.78 is 5.44. The third-order valence-electron chi connectivity index (χ3n) is 3.49. The molecule has 1 aromatic rings. The molecule has 0 aromatic carbocycles. The van der Waals surface area contributed by atoms with E-state index in [-0.39, 0.29) is 0 Å². The Labute approximate surface area is 117 Å². The van der Waals surface area contributed by atoms with Gasteiger partial charge in [-0.05, 0) is 30.7 Å². The van der Waals surface area contributed by atoms with Crippen LogP contribution < -0.4 is 10.6 Å².